The number of carbonyl (C=O) groups is 5. The number of carbonyl (C=O) groups excluding carboxylic acids is 3. The van der Waals surface area contributed by atoms with Gasteiger partial charge in [0.1, 0.15) is 5.78 Å². The Labute approximate surface area is 218 Å². The van der Waals surface area contributed by atoms with Crippen LogP contribution in [-0.4, -0.2) is 90.5 Å². The third-order valence-corrected chi connectivity index (χ3v) is 4.93. The van der Waals surface area contributed by atoms with Gasteiger partial charge in [-0.05, 0) is 18.2 Å². The number of amides is 1. The standard InChI is InChI=1S/C24H35N3O8.C2H6/c1-4-20(28)5-9-35-10-7-25-19-12-17(23(33)16(2)3)11-18(13-19)24(34)26-6-8-27(14-21(29)30)15-22(31)32;1-2/h11-13,16,25H,4-10,14-15H2,1-3H3,(H,26,34)(H,29,30)(H,31,32);1-2H3. The molecule has 11 heteroatoms. The van der Waals surface area contributed by atoms with E-state index in [0.717, 1.165) is 0 Å². The molecule has 0 spiro atoms. The Balaban J connectivity index is 0.00000631. The highest BCUT2D eigenvalue weighted by Crippen LogP contribution is 2.18. The van der Waals surface area contributed by atoms with Gasteiger partial charge in [0, 0.05) is 55.2 Å². The van der Waals surface area contributed by atoms with E-state index in [1.54, 1.807) is 32.9 Å². The average molecular weight is 524 g/mol. The first kappa shape index (κ1) is 33.7. The number of ether oxygens (including phenoxy) is 1. The van der Waals surface area contributed by atoms with E-state index in [0.29, 0.717) is 43.9 Å². The molecule has 0 radical (unpaired) electrons. The van der Waals surface area contributed by atoms with E-state index < -0.39 is 30.9 Å². The van der Waals surface area contributed by atoms with Gasteiger partial charge in [-0.25, -0.2) is 0 Å². The van der Waals surface area contributed by atoms with Crippen LogP contribution < -0.4 is 10.6 Å². The molecule has 0 aliphatic rings. The fourth-order valence-corrected chi connectivity index (χ4v) is 3.09. The molecule has 1 aromatic carbocycles. The second-order valence-electron chi connectivity index (χ2n) is 8.25. The number of nitrogens with one attached hydrogen (secondary N) is 2. The van der Waals surface area contributed by atoms with Gasteiger partial charge in [0.15, 0.2) is 5.78 Å². The van der Waals surface area contributed by atoms with E-state index >= 15 is 0 Å². The summed E-state index contributed by atoms with van der Waals surface area (Å²) in [5, 5.41) is 23.6. The van der Waals surface area contributed by atoms with E-state index in [1.165, 1.54) is 11.0 Å². The van der Waals surface area contributed by atoms with Gasteiger partial charge in [0.2, 0.25) is 0 Å². The molecule has 0 aliphatic heterocycles. The lowest BCUT2D eigenvalue weighted by molar-refractivity contribution is -0.141. The van der Waals surface area contributed by atoms with Crippen LogP contribution in [0.4, 0.5) is 5.69 Å². The van der Waals surface area contributed by atoms with E-state index in [-0.39, 0.29) is 36.1 Å². The molecule has 0 heterocycles. The van der Waals surface area contributed by atoms with Crippen molar-refractivity contribution in [2.75, 3.05) is 51.3 Å². The van der Waals surface area contributed by atoms with Crippen molar-refractivity contribution in [3.8, 4) is 0 Å². The van der Waals surface area contributed by atoms with Gasteiger partial charge < -0.3 is 25.6 Å². The van der Waals surface area contributed by atoms with Gasteiger partial charge in [-0.15, -0.1) is 0 Å². The predicted molar refractivity (Wildman–Crippen MR) is 140 cm³/mol. The minimum atomic E-state index is -1.17. The van der Waals surface area contributed by atoms with Crippen LogP contribution in [0.1, 0.15) is 68.2 Å². The first-order valence-corrected chi connectivity index (χ1v) is 12.5. The molecule has 0 aliphatic carbocycles. The minimum Gasteiger partial charge on any atom is -0.480 e. The summed E-state index contributed by atoms with van der Waals surface area (Å²) in [6.45, 7) is 9.49. The lowest BCUT2D eigenvalue weighted by Crippen LogP contribution is -2.40. The molecule has 11 nitrogen and oxygen atoms in total. The van der Waals surface area contributed by atoms with Crippen LogP contribution in [0.2, 0.25) is 0 Å². The maximum absolute atomic E-state index is 12.7. The largest absolute Gasteiger partial charge is 0.480 e. The van der Waals surface area contributed by atoms with Crippen LogP contribution in [0.25, 0.3) is 0 Å². The second-order valence-corrected chi connectivity index (χ2v) is 8.25. The van der Waals surface area contributed by atoms with E-state index in [4.69, 9.17) is 14.9 Å². The van der Waals surface area contributed by atoms with Gasteiger partial charge in [-0.3, -0.25) is 28.9 Å². The van der Waals surface area contributed by atoms with Crippen molar-refractivity contribution >= 4 is 35.1 Å². The predicted octanol–water partition coefficient (Wildman–Crippen LogP) is 2.55. The number of Topliss-reactive ketones (excluding diaryl/α,β-unsaturated/α-hetero) is 2. The fourth-order valence-electron chi connectivity index (χ4n) is 3.09. The van der Waals surface area contributed by atoms with E-state index in [9.17, 15) is 24.0 Å². The smallest absolute Gasteiger partial charge is 0.317 e. The van der Waals surface area contributed by atoms with Crippen LogP contribution >= 0.6 is 0 Å². The first-order valence-electron chi connectivity index (χ1n) is 12.5. The summed E-state index contributed by atoms with van der Waals surface area (Å²) in [5.41, 5.74) is 1.15. The molecule has 1 aromatic rings. The summed E-state index contributed by atoms with van der Waals surface area (Å²) < 4.78 is 5.43. The monoisotopic (exact) mass is 523 g/mol. The Morgan fingerprint density at radius 2 is 1.51 bits per heavy atom. The lowest BCUT2D eigenvalue weighted by Gasteiger charge is -2.18. The molecule has 0 bridgehead atoms. The summed E-state index contributed by atoms with van der Waals surface area (Å²) in [6, 6.07) is 4.72. The molecule has 0 saturated carbocycles. The Kier molecular flexibility index (Phi) is 17.2. The van der Waals surface area contributed by atoms with Crippen LogP contribution in [0.5, 0.6) is 0 Å². The van der Waals surface area contributed by atoms with Gasteiger partial charge in [0.25, 0.3) is 5.91 Å². The normalized spacial score (nSPS) is 10.5. The molecule has 0 atom stereocenters. The first-order chi connectivity index (χ1) is 17.5. The number of anilines is 1. The van der Waals surface area contributed by atoms with Crippen molar-refractivity contribution in [2.24, 2.45) is 5.92 Å². The molecular formula is C26H41N3O8. The van der Waals surface area contributed by atoms with Crippen molar-refractivity contribution in [1.82, 2.24) is 10.2 Å². The van der Waals surface area contributed by atoms with E-state index in [1.807, 2.05) is 13.8 Å². The number of carboxylic acid groups (broad SMARTS) is 2. The summed E-state index contributed by atoms with van der Waals surface area (Å²) in [5.74, 6) is -3.11. The highest BCUT2D eigenvalue weighted by molar-refractivity contribution is 6.02. The van der Waals surface area contributed by atoms with Crippen LogP contribution in [-0.2, 0) is 19.1 Å². The fraction of sp³-hybridized carbons (Fsp3) is 0.577. The third kappa shape index (κ3) is 14.7. The summed E-state index contributed by atoms with van der Waals surface area (Å²) in [4.78, 5) is 59.6. The summed E-state index contributed by atoms with van der Waals surface area (Å²) in [7, 11) is 0. The van der Waals surface area contributed by atoms with Crippen LogP contribution in [0.15, 0.2) is 18.2 Å². The Bertz CT molecular complexity index is 886. The number of carboxylic acids is 2. The minimum absolute atomic E-state index is 0.0226. The number of benzene rings is 1. The summed E-state index contributed by atoms with van der Waals surface area (Å²) >= 11 is 0. The molecule has 0 fully saturated rings. The molecule has 0 aromatic heterocycles. The van der Waals surface area contributed by atoms with Crippen molar-refractivity contribution < 1.29 is 38.9 Å². The zero-order valence-electron chi connectivity index (χ0n) is 22.5. The number of rotatable bonds is 18. The topological polar surface area (TPSA) is 162 Å². The highest BCUT2D eigenvalue weighted by atomic mass is 16.5. The van der Waals surface area contributed by atoms with Crippen LogP contribution in [0, 0.1) is 5.92 Å². The van der Waals surface area contributed by atoms with Crippen molar-refractivity contribution in [1.29, 1.82) is 0 Å². The Morgan fingerprint density at radius 1 is 0.919 bits per heavy atom. The number of hydrogen-bond acceptors (Lipinski definition) is 8. The average Bonchev–Trinajstić information content (AvgIpc) is 2.85. The zero-order chi connectivity index (χ0) is 28.4. The van der Waals surface area contributed by atoms with Crippen molar-refractivity contribution in [3.05, 3.63) is 29.3 Å². The van der Waals surface area contributed by atoms with Gasteiger partial charge >= 0.3 is 11.9 Å². The number of hydrogen-bond donors (Lipinski definition) is 4. The number of nitrogens with zero attached hydrogens (tertiary/aromatic N) is 1. The van der Waals surface area contributed by atoms with Gasteiger partial charge in [0.05, 0.1) is 26.3 Å². The maximum atomic E-state index is 12.7. The van der Waals surface area contributed by atoms with Crippen molar-refractivity contribution in [3.63, 3.8) is 0 Å². The molecule has 208 valence electrons. The molecule has 4 N–H and O–H groups in total. The molecule has 37 heavy (non-hydrogen) atoms. The SMILES string of the molecule is CC.CCC(=O)CCOCCNc1cc(C(=O)NCCN(CC(=O)O)CC(=O)O)cc(C(=O)C(C)C)c1. The molecule has 1 amide bonds. The van der Waals surface area contributed by atoms with Crippen molar-refractivity contribution in [2.45, 2.75) is 47.5 Å². The molecule has 0 unspecified atom stereocenters. The summed E-state index contributed by atoms with van der Waals surface area (Å²) in [6.07, 6.45) is 0.829. The van der Waals surface area contributed by atoms with Gasteiger partial charge in [-0.2, -0.15) is 0 Å². The quantitative estimate of drug-likeness (QED) is 0.166. The molecule has 0 saturated heterocycles. The number of ketones is 2. The molecule has 1 rings (SSSR count). The second kappa shape index (κ2) is 18.9. The highest BCUT2D eigenvalue weighted by Gasteiger charge is 2.17. The van der Waals surface area contributed by atoms with E-state index in [2.05, 4.69) is 10.6 Å². The maximum Gasteiger partial charge on any atom is 0.317 e. The zero-order valence-corrected chi connectivity index (χ0v) is 22.5. The lowest BCUT2D eigenvalue weighted by atomic mass is 9.98. The Hall–Kier alpha value is -3.31. The number of aliphatic carboxylic acids is 2. The van der Waals surface area contributed by atoms with Gasteiger partial charge in [-0.1, -0.05) is 34.6 Å². The Morgan fingerprint density at radius 3 is 2.05 bits per heavy atom. The third-order valence-electron chi connectivity index (χ3n) is 4.93. The molecular weight excluding hydrogens is 482 g/mol. The van der Waals surface area contributed by atoms with Crippen LogP contribution in [0.3, 0.4) is 0 Å².